The van der Waals surface area contributed by atoms with Crippen molar-refractivity contribution in [2.45, 2.75) is 0 Å². The maximum absolute atomic E-state index is 5.27. The van der Waals surface area contributed by atoms with Gasteiger partial charge in [0.05, 0.1) is 0 Å². The van der Waals surface area contributed by atoms with Crippen LogP contribution in [0.4, 0.5) is 0 Å². The first-order valence-electron chi connectivity index (χ1n) is 1.48. The normalized spacial score (nSPS) is 21.2. The van der Waals surface area contributed by atoms with Gasteiger partial charge in [0, 0.05) is 0 Å². The van der Waals surface area contributed by atoms with Crippen LogP contribution < -0.4 is 0 Å². The van der Waals surface area contributed by atoms with Gasteiger partial charge in [-0.1, -0.05) is 11.6 Å². The second-order valence-electron chi connectivity index (χ2n) is 0.868. The highest BCUT2D eigenvalue weighted by Crippen LogP contribution is 1.99. The summed E-state index contributed by atoms with van der Waals surface area (Å²) < 4.78 is 4.47. The molecule has 0 aromatic rings. The molecule has 0 bridgehead atoms. The van der Waals surface area contributed by atoms with Gasteiger partial charge in [0.1, 0.15) is 11.8 Å². The minimum absolute atomic E-state index is 0.390. The Morgan fingerprint density at radius 2 is 2.83 bits per heavy atom. The van der Waals surface area contributed by atoms with E-state index in [2.05, 4.69) is 16.5 Å². The topological polar surface area (TPSA) is 21.6 Å². The summed E-state index contributed by atoms with van der Waals surface area (Å²) >= 11 is 5.27. The van der Waals surface area contributed by atoms with E-state index in [1.54, 1.807) is 0 Å². The number of halogens is 1. The van der Waals surface area contributed by atoms with Gasteiger partial charge in [-0.25, -0.2) is 4.99 Å². The number of hydrogen-bond acceptors (Lipinski definition) is 2. The lowest BCUT2D eigenvalue weighted by Gasteiger charge is -1.75. The minimum Gasteiger partial charge on any atom is -0.338 e. The predicted octanol–water partition coefficient (Wildman–Crippen LogP) is 0.650. The van der Waals surface area contributed by atoms with Gasteiger partial charge in [0.2, 0.25) is 0 Å². The van der Waals surface area contributed by atoms with Crippen LogP contribution in [0, 0.1) is 6.73 Å². The number of rotatable bonds is 0. The van der Waals surface area contributed by atoms with Gasteiger partial charge in [0.25, 0.3) is 6.73 Å². The molecule has 3 heteroatoms. The van der Waals surface area contributed by atoms with E-state index in [-0.39, 0.29) is 0 Å². The molecule has 0 unspecified atom stereocenters. The van der Waals surface area contributed by atoms with Gasteiger partial charge < -0.3 is 4.74 Å². The van der Waals surface area contributed by atoms with E-state index < -0.39 is 0 Å². The first-order chi connectivity index (χ1) is 2.89. The molecular weight excluding hydrogens is 101 g/mol. The molecule has 0 N–H and O–H groups in total. The van der Waals surface area contributed by atoms with Gasteiger partial charge in [-0.05, 0) is 0 Å². The molecule has 0 saturated carbocycles. The van der Waals surface area contributed by atoms with Crippen LogP contribution in [0.25, 0.3) is 0 Å². The molecule has 0 fully saturated rings. The summed E-state index contributed by atoms with van der Waals surface area (Å²) in [6.45, 7) is 2.62. The highest BCUT2D eigenvalue weighted by molar-refractivity contribution is 6.66. The van der Waals surface area contributed by atoms with Crippen LogP contribution in [0.1, 0.15) is 0 Å². The summed E-state index contributed by atoms with van der Waals surface area (Å²) in [4.78, 5) is 3.45. The molecule has 2 radical (unpaired) electrons. The molecule has 0 aromatic heterocycles. The third-order valence-corrected chi connectivity index (χ3v) is 0.616. The summed E-state index contributed by atoms with van der Waals surface area (Å²) in [5.41, 5.74) is 0. The molecule has 1 aliphatic heterocycles. The molecule has 1 heterocycles. The SMILES string of the molecule is ClC1=N[C]OC1. The van der Waals surface area contributed by atoms with E-state index in [4.69, 9.17) is 11.6 Å². The highest BCUT2D eigenvalue weighted by atomic mass is 35.5. The molecular formula is C3H2ClNO. The Kier molecular flexibility index (Phi) is 1.08. The van der Waals surface area contributed by atoms with Gasteiger partial charge in [-0.2, -0.15) is 0 Å². The van der Waals surface area contributed by atoms with Gasteiger partial charge >= 0.3 is 0 Å². The van der Waals surface area contributed by atoms with Crippen LogP contribution in [0.2, 0.25) is 0 Å². The summed E-state index contributed by atoms with van der Waals surface area (Å²) in [5.74, 6) is 0. The molecule has 1 rings (SSSR count). The minimum atomic E-state index is 0.390. The summed E-state index contributed by atoms with van der Waals surface area (Å²) in [7, 11) is 0. The second kappa shape index (κ2) is 1.58. The summed E-state index contributed by atoms with van der Waals surface area (Å²) in [5, 5.41) is 0.468. The van der Waals surface area contributed by atoms with Crippen molar-refractivity contribution in [3.63, 3.8) is 0 Å². The Morgan fingerprint density at radius 1 is 2.00 bits per heavy atom. The third kappa shape index (κ3) is 0.698. The Morgan fingerprint density at radius 3 is 3.00 bits per heavy atom. The monoisotopic (exact) mass is 103 g/mol. The lowest BCUT2D eigenvalue weighted by molar-refractivity contribution is 0.267. The molecule has 0 atom stereocenters. The van der Waals surface area contributed by atoms with Crippen molar-refractivity contribution in [3.8, 4) is 0 Å². The van der Waals surface area contributed by atoms with Crippen molar-refractivity contribution in [2.75, 3.05) is 6.61 Å². The number of nitrogens with zero attached hydrogens (tertiary/aromatic N) is 1. The number of ether oxygens (including phenoxy) is 1. The van der Waals surface area contributed by atoms with Crippen molar-refractivity contribution < 1.29 is 4.74 Å². The number of aliphatic imine (C=N–C) groups is 1. The van der Waals surface area contributed by atoms with Crippen LogP contribution in [-0.2, 0) is 4.74 Å². The van der Waals surface area contributed by atoms with Crippen LogP contribution in [0.3, 0.4) is 0 Å². The highest BCUT2D eigenvalue weighted by Gasteiger charge is 2.01. The van der Waals surface area contributed by atoms with E-state index in [9.17, 15) is 0 Å². The largest absolute Gasteiger partial charge is 0.338 e. The van der Waals surface area contributed by atoms with E-state index in [0.717, 1.165) is 0 Å². The lowest BCUT2D eigenvalue weighted by Crippen LogP contribution is -1.86. The first kappa shape index (κ1) is 4.09. The fraction of sp³-hybridized carbons (Fsp3) is 0.333. The Hall–Kier alpha value is -0.0800. The molecule has 2 nitrogen and oxygen atoms in total. The standard InChI is InChI=1S/C3H2ClNO/c4-3-1-6-2-5-3/h1H2. The lowest BCUT2D eigenvalue weighted by atomic mass is 10.8. The zero-order chi connectivity index (χ0) is 4.41. The van der Waals surface area contributed by atoms with Crippen molar-refractivity contribution in [1.82, 2.24) is 0 Å². The van der Waals surface area contributed by atoms with Gasteiger partial charge in [-0.15, -0.1) is 0 Å². The Labute approximate surface area is 40.8 Å². The summed E-state index contributed by atoms with van der Waals surface area (Å²) in [6, 6.07) is 0. The predicted molar refractivity (Wildman–Crippen MR) is 22.5 cm³/mol. The molecule has 0 aromatic carbocycles. The molecule has 6 heavy (non-hydrogen) atoms. The Bertz CT molecular complexity index is 80.9. The zero-order valence-corrected chi connectivity index (χ0v) is 3.70. The first-order valence-corrected chi connectivity index (χ1v) is 1.86. The van der Waals surface area contributed by atoms with Crippen molar-refractivity contribution in [2.24, 2.45) is 4.99 Å². The van der Waals surface area contributed by atoms with E-state index in [0.29, 0.717) is 11.8 Å². The van der Waals surface area contributed by atoms with Crippen molar-refractivity contribution in [1.29, 1.82) is 0 Å². The van der Waals surface area contributed by atoms with Crippen molar-refractivity contribution >= 4 is 16.8 Å². The van der Waals surface area contributed by atoms with Crippen LogP contribution in [0.5, 0.6) is 0 Å². The van der Waals surface area contributed by atoms with Crippen molar-refractivity contribution in [3.05, 3.63) is 6.73 Å². The molecule has 32 valence electrons. The summed E-state index contributed by atoms with van der Waals surface area (Å²) in [6.07, 6.45) is 0. The molecule has 1 aliphatic rings. The second-order valence-corrected chi connectivity index (χ2v) is 1.30. The quantitative estimate of drug-likeness (QED) is 0.441. The fourth-order valence-corrected chi connectivity index (χ4v) is 0.295. The zero-order valence-electron chi connectivity index (χ0n) is 2.94. The van der Waals surface area contributed by atoms with E-state index in [1.807, 2.05) is 0 Å². The fourth-order valence-electron chi connectivity index (χ4n) is 0.206. The van der Waals surface area contributed by atoms with Crippen LogP contribution in [0.15, 0.2) is 4.99 Å². The van der Waals surface area contributed by atoms with Crippen LogP contribution in [-0.4, -0.2) is 11.8 Å². The van der Waals surface area contributed by atoms with Crippen LogP contribution >= 0.6 is 11.6 Å². The smallest absolute Gasteiger partial charge is 0.271 e. The number of hydrogen-bond donors (Lipinski definition) is 0. The molecule has 0 aliphatic carbocycles. The molecule has 0 amide bonds. The average Bonchev–Trinajstić information content (AvgIpc) is 1.86. The van der Waals surface area contributed by atoms with E-state index in [1.165, 1.54) is 0 Å². The Balaban J connectivity index is 2.45. The van der Waals surface area contributed by atoms with E-state index >= 15 is 0 Å². The van der Waals surface area contributed by atoms with Gasteiger partial charge in [-0.3, -0.25) is 0 Å². The maximum Gasteiger partial charge on any atom is 0.271 e. The van der Waals surface area contributed by atoms with Gasteiger partial charge in [0.15, 0.2) is 0 Å². The average molecular weight is 104 g/mol. The third-order valence-electron chi connectivity index (χ3n) is 0.423. The molecule has 0 spiro atoms. The maximum atomic E-state index is 5.27. The molecule has 0 saturated heterocycles.